The van der Waals surface area contributed by atoms with Crippen LogP contribution in [-0.4, -0.2) is 36.5 Å². The van der Waals surface area contributed by atoms with Gasteiger partial charge in [0.25, 0.3) is 0 Å². The normalized spacial score (nSPS) is 11.6. The van der Waals surface area contributed by atoms with Gasteiger partial charge in [-0.3, -0.25) is 0 Å². The molecule has 7 heteroatoms. The molecule has 2 heterocycles. The van der Waals surface area contributed by atoms with Crippen molar-refractivity contribution in [3.8, 4) is 11.5 Å². The number of rotatable bonds is 4. The molecule has 4 aromatic rings. The van der Waals surface area contributed by atoms with Crippen molar-refractivity contribution >= 4 is 51.9 Å². The topological polar surface area (TPSA) is 63.1 Å². The zero-order valence-corrected chi connectivity index (χ0v) is 20.6. The van der Waals surface area contributed by atoms with Crippen molar-refractivity contribution in [1.29, 1.82) is 0 Å². The average Bonchev–Trinajstić information content (AvgIpc) is 3.19. The zero-order valence-electron chi connectivity index (χ0n) is 18.9. The van der Waals surface area contributed by atoms with Crippen molar-refractivity contribution in [3.63, 3.8) is 0 Å². The van der Waals surface area contributed by atoms with Crippen LogP contribution in [0.1, 0.15) is 13.8 Å². The van der Waals surface area contributed by atoms with Crippen LogP contribution in [0, 0.1) is 0 Å². The molecule has 0 amide bonds. The third-order valence-electron chi connectivity index (χ3n) is 6.22. The Morgan fingerprint density at radius 3 is 2.44 bits per heavy atom. The van der Waals surface area contributed by atoms with E-state index >= 15 is 0 Å². The van der Waals surface area contributed by atoms with E-state index in [-0.39, 0.29) is 20.3 Å². The molecule has 3 aromatic carbocycles. The SMILES string of the molecule is CC[N+](CC)=c1ccc2nc3c(cc(Nn4[se]c5ccccc5c4=O)c4ccccc43)oc-2c1. The van der Waals surface area contributed by atoms with Gasteiger partial charge in [-0.25, -0.2) is 0 Å². The Labute approximate surface area is 201 Å². The Hall–Kier alpha value is -3.67. The van der Waals surface area contributed by atoms with Crippen LogP contribution in [0.3, 0.4) is 0 Å². The van der Waals surface area contributed by atoms with Gasteiger partial charge >= 0.3 is 202 Å². The van der Waals surface area contributed by atoms with Gasteiger partial charge in [-0.2, -0.15) is 0 Å². The summed E-state index contributed by atoms with van der Waals surface area (Å²) in [4.78, 5) is 17.9. The first-order valence-corrected chi connectivity index (χ1v) is 13.0. The number of benzene rings is 4. The predicted molar refractivity (Wildman–Crippen MR) is 139 cm³/mol. The second kappa shape index (κ2) is 8.28. The Balaban J connectivity index is 1.59. The van der Waals surface area contributed by atoms with E-state index < -0.39 is 0 Å². The van der Waals surface area contributed by atoms with Crippen LogP contribution in [0.5, 0.6) is 0 Å². The van der Waals surface area contributed by atoms with Gasteiger partial charge in [0.15, 0.2) is 0 Å². The molecule has 0 saturated carbocycles. The van der Waals surface area contributed by atoms with Crippen LogP contribution >= 0.6 is 0 Å². The minimum absolute atomic E-state index is 0.00258. The van der Waals surface area contributed by atoms with E-state index in [1.165, 1.54) is 0 Å². The fraction of sp³-hybridized carbons (Fsp3) is 0.148. The van der Waals surface area contributed by atoms with Gasteiger partial charge in [0, 0.05) is 0 Å². The summed E-state index contributed by atoms with van der Waals surface area (Å²) in [5.41, 5.74) is 6.53. The summed E-state index contributed by atoms with van der Waals surface area (Å²) in [5, 5.41) is 3.86. The van der Waals surface area contributed by atoms with E-state index in [0.717, 1.165) is 61.5 Å². The number of hydrogen-bond donors (Lipinski definition) is 1. The van der Waals surface area contributed by atoms with Crippen LogP contribution in [0.2, 0.25) is 0 Å². The molecule has 6 nitrogen and oxygen atoms in total. The summed E-state index contributed by atoms with van der Waals surface area (Å²) < 4.78 is 11.5. The fourth-order valence-electron chi connectivity index (χ4n) is 4.48. The number of nitrogens with zero attached hydrogens (tertiary/aromatic N) is 3. The summed E-state index contributed by atoms with van der Waals surface area (Å²) in [7, 11) is 0. The van der Waals surface area contributed by atoms with E-state index in [1.807, 2.05) is 60.7 Å². The molecule has 0 radical (unpaired) electrons. The Bertz CT molecular complexity index is 1790. The Kier molecular flexibility index (Phi) is 5.09. The van der Waals surface area contributed by atoms with Crippen molar-refractivity contribution in [1.82, 2.24) is 13.2 Å². The second-order valence-electron chi connectivity index (χ2n) is 8.15. The third kappa shape index (κ3) is 3.36. The molecule has 0 fully saturated rings. The van der Waals surface area contributed by atoms with Crippen LogP contribution in [0.4, 0.5) is 5.69 Å². The molecule has 1 aromatic heterocycles. The summed E-state index contributed by atoms with van der Waals surface area (Å²) >= 11 is -0.138. The molecule has 1 aliphatic carbocycles. The third-order valence-corrected chi connectivity index (χ3v) is 8.30. The molecule has 34 heavy (non-hydrogen) atoms. The molecule has 1 aliphatic heterocycles. The maximum absolute atomic E-state index is 13.0. The maximum atomic E-state index is 13.0. The van der Waals surface area contributed by atoms with Gasteiger partial charge in [-0.05, 0) is 0 Å². The number of aromatic nitrogens is 2. The molecule has 0 unspecified atom stereocenters. The molecule has 0 bridgehead atoms. The predicted octanol–water partition coefficient (Wildman–Crippen LogP) is 4.14. The van der Waals surface area contributed by atoms with Gasteiger partial charge in [0.1, 0.15) is 0 Å². The summed E-state index contributed by atoms with van der Waals surface area (Å²) in [6, 6.07) is 24.0. The van der Waals surface area contributed by atoms with E-state index in [9.17, 15) is 4.79 Å². The van der Waals surface area contributed by atoms with Gasteiger partial charge in [0.2, 0.25) is 0 Å². The minimum atomic E-state index is -0.138. The monoisotopic (exact) mass is 515 g/mol. The second-order valence-corrected chi connectivity index (χ2v) is 10.2. The summed E-state index contributed by atoms with van der Waals surface area (Å²) in [5.74, 6) is 0.743. The van der Waals surface area contributed by atoms with E-state index in [4.69, 9.17) is 9.40 Å². The van der Waals surface area contributed by atoms with Crippen molar-refractivity contribution in [3.05, 3.63) is 88.5 Å². The van der Waals surface area contributed by atoms with E-state index in [0.29, 0.717) is 5.58 Å². The van der Waals surface area contributed by atoms with Crippen LogP contribution in [0.25, 0.3) is 43.0 Å². The van der Waals surface area contributed by atoms with Crippen molar-refractivity contribution in [2.24, 2.45) is 0 Å². The number of nitrogens with one attached hydrogen (secondary N) is 1. The van der Waals surface area contributed by atoms with Crippen LogP contribution < -0.4 is 20.9 Å². The van der Waals surface area contributed by atoms with Crippen molar-refractivity contribution < 1.29 is 4.42 Å². The van der Waals surface area contributed by atoms with Crippen molar-refractivity contribution in [2.45, 2.75) is 13.8 Å². The molecule has 168 valence electrons. The van der Waals surface area contributed by atoms with E-state index in [1.54, 1.807) is 3.67 Å². The van der Waals surface area contributed by atoms with Gasteiger partial charge in [-0.1, -0.05) is 0 Å². The Morgan fingerprint density at radius 2 is 1.68 bits per heavy atom. The first kappa shape index (κ1) is 20.9. The quantitative estimate of drug-likeness (QED) is 0.166. The number of anilines is 1. The van der Waals surface area contributed by atoms with Crippen LogP contribution in [-0.2, 0) is 0 Å². The molecular formula is C27H23N4O2Se+. The Morgan fingerprint density at radius 1 is 0.941 bits per heavy atom. The molecule has 0 atom stereocenters. The summed E-state index contributed by atoms with van der Waals surface area (Å²) in [6.45, 7) is 6.14. The fourth-order valence-corrected chi connectivity index (χ4v) is 6.40. The van der Waals surface area contributed by atoms with Gasteiger partial charge in [0.05, 0.1) is 0 Å². The first-order chi connectivity index (χ1) is 16.7. The average molecular weight is 514 g/mol. The molecule has 0 spiro atoms. The molecule has 6 rings (SSSR count). The number of fused-ring (bicyclic) bond motifs is 5. The van der Waals surface area contributed by atoms with Gasteiger partial charge in [-0.15, -0.1) is 0 Å². The molecular weight excluding hydrogens is 491 g/mol. The number of hydrogen-bond acceptors (Lipinski definition) is 4. The standard InChI is InChI=1S/C27H22N4O2Se/c1-3-30(4-2)17-13-14-21-23(15-17)33-24-16-22(18-9-5-6-10-19(18)26(24)28-21)29-31-27(32)20-11-7-8-12-25(20)34-31/h5-16H,3-4H2,1-2H3/p+1. The van der Waals surface area contributed by atoms with Crippen LogP contribution in [0.15, 0.2) is 82.0 Å². The zero-order chi connectivity index (χ0) is 23.2. The van der Waals surface area contributed by atoms with E-state index in [2.05, 4.69) is 36.0 Å². The first-order valence-electron chi connectivity index (χ1n) is 11.4. The molecule has 2 aliphatic rings. The molecule has 1 N–H and O–H groups in total. The van der Waals surface area contributed by atoms with Gasteiger partial charge < -0.3 is 0 Å². The molecule has 0 saturated heterocycles. The summed E-state index contributed by atoms with van der Waals surface area (Å²) in [6.07, 6.45) is 0. The van der Waals surface area contributed by atoms with Crippen molar-refractivity contribution in [2.75, 3.05) is 18.5 Å².